The number of carbonyl (C=O) groups excluding carboxylic acids is 2. The van der Waals surface area contributed by atoms with Crippen molar-refractivity contribution in [2.45, 2.75) is 104 Å². The van der Waals surface area contributed by atoms with Gasteiger partial charge < -0.3 is 0 Å². The predicted octanol–water partition coefficient (Wildman–Crippen LogP) is 7.91. The second kappa shape index (κ2) is 11.6. The van der Waals surface area contributed by atoms with E-state index in [0.29, 0.717) is 0 Å². The molecule has 0 saturated carbocycles. The van der Waals surface area contributed by atoms with Crippen molar-refractivity contribution in [1.82, 2.24) is 0 Å². The first kappa shape index (κ1) is 23.7. The lowest BCUT2D eigenvalue weighted by atomic mass is 9.67. The second-order valence-corrected chi connectivity index (χ2v) is 9.53. The lowest BCUT2D eigenvalue weighted by Gasteiger charge is -2.35. The van der Waals surface area contributed by atoms with Crippen molar-refractivity contribution in [3.8, 4) is 0 Å². The van der Waals surface area contributed by atoms with Crippen LogP contribution < -0.4 is 0 Å². The highest BCUT2D eigenvalue weighted by Gasteiger charge is 2.46. The summed E-state index contributed by atoms with van der Waals surface area (Å²) in [5, 5.41) is 0. The number of hydrogen-bond donors (Lipinski definition) is 0. The van der Waals surface area contributed by atoms with Crippen LogP contribution in [0, 0.1) is 5.41 Å². The van der Waals surface area contributed by atoms with Crippen LogP contribution in [0.3, 0.4) is 0 Å². The largest absolute Gasteiger partial charge is 0.290 e. The van der Waals surface area contributed by atoms with E-state index in [1.807, 2.05) is 24.3 Å². The molecule has 168 valence electrons. The SMILES string of the molecule is CCCCCCCCC1(CCCCCCCC)C2=CC(=O)C=CC2=C2C=CC(=O)C=C21. The summed E-state index contributed by atoms with van der Waals surface area (Å²) in [6, 6.07) is 0. The van der Waals surface area contributed by atoms with Crippen LogP contribution in [0.4, 0.5) is 0 Å². The first-order valence-electron chi connectivity index (χ1n) is 12.8. The Kier molecular flexibility index (Phi) is 8.87. The van der Waals surface area contributed by atoms with Gasteiger partial charge in [-0.2, -0.15) is 0 Å². The van der Waals surface area contributed by atoms with Gasteiger partial charge in [0.05, 0.1) is 0 Å². The number of fused-ring (bicyclic) bond motifs is 2. The van der Waals surface area contributed by atoms with Gasteiger partial charge in [-0.25, -0.2) is 0 Å². The van der Waals surface area contributed by atoms with Crippen LogP contribution in [0.5, 0.6) is 0 Å². The minimum atomic E-state index is -0.166. The Morgan fingerprint density at radius 3 is 1.35 bits per heavy atom. The van der Waals surface area contributed by atoms with Crippen LogP contribution in [-0.2, 0) is 9.59 Å². The van der Waals surface area contributed by atoms with Gasteiger partial charge in [-0.15, -0.1) is 0 Å². The summed E-state index contributed by atoms with van der Waals surface area (Å²) < 4.78 is 0. The molecule has 3 aliphatic rings. The van der Waals surface area contributed by atoms with E-state index in [1.165, 1.54) is 86.5 Å². The molecule has 3 aliphatic carbocycles. The lowest BCUT2D eigenvalue weighted by molar-refractivity contribution is -0.111. The third-order valence-corrected chi connectivity index (χ3v) is 7.22. The predicted molar refractivity (Wildman–Crippen MR) is 130 cm³/mol. The maximum absolute atomic E-state index is 12.4. The van der Waals surface area contributed by atoms with Crippen molar-refractivity contribution < 1.29 is 9.59 Å². The molecule has 0 N–H and O–H groups in total. The van der Waals surface area contributed by atoms with E-state index in [0.717, 1.165) is 25.7 Å². The molecule has 0 atom stereocenters. The van der Waals surface area contributed by atoms with Gasteiger partial charge in [-0.3, -0.25) is 9.59 Å². The number of carbonyl (C=O) groups is 2. The van der Waals surface area contributed by atoms with Crippen LogP contribution >= 0.6 is 0 Å². The number of rotatable bonds is 14. The average molecular weight is 421 g/mol. The molecule has 0 radical (unpaired) electrons. The van der Waals surface area contributed by atoms with Gasteiger partial charge in [0.1, 0.15) is 0 Å². The minimum Gasteiger partial charge on any atom is -0.290 e. The van der Waals surface area contributed by atoms with Crippen LogP contribution in [-0.4, -0.2) is 11.6 Å². The standard InChI is InChI=1S/C29H40O2/c1-3-5-7-9-11-13-19-29(20-14-12-10-8-6-4-2)27-21-23(30)15-17-25(27)26-18-16-24(31)22-28(26)29/h15-18,21-22H,3-14,19-20H2,1-2H3. The Bertz CT molecular complexity index is 748. The summed E-state index contributed by atoms with van der Waals surface area (Å²) in [6.07, 6.45) is 28.3. The molecular formula is C29H40O2. The Morgan fingerprint density at radius 2 is 0.935 bits per heavy atom. The molecule has 2 nitrogen and oxygen atoms in total. The zero-order valence-corrected chi connectivity index (χ0v) is 19.7. The number of allylic oxidation sites excluding steroid dienone is 10. The van der Waals surface area contributed by atoms with Crippen molar-refractivity contribution in [3.63, 3.8) is 0 Å². The van der Waals surface area contributed by atoms with Gasteiger partial charge in [0, 0.05) is 5.41 Å². The molecule has 0 bridgehead atoms. The molecule has 0 unspecified atom stereocenters. The van der Waals surface area contributed by atoms with Gasteiger partial charge >= 0.3 is 0 Å². The van der Waals surface area contributed by atoms with Crippen LogP contribution in [0.25, 0.3) is 0 Å². The molecule has 31 heavy (non-hydrogen) atoms. The van der Waals surface area contributed by atoms with Gasteiger partial charge in [0.2, 0.25) is 0 Å². The van der Waals surface area contributed by atoms with Crippen LogP contribution in [0.2, 0.25) is 0 Å². The smallest absolute Gasteiger partial charge is 0.178 e. The van der Waals surface area contributed by atoms with E-state index in [9.17, 15) is 9.59 Å². The van der Waals surface area contributed by atoms with E-state index in [2.05, 4.69) is 13.8 Å². The Balaban J connectivity index is 1.81. The van der Waals surface area contributed by atoms with E-state index in [4.69, 9.17) is 0 Å². The number of hydrogen-bond acceptors (Lipinski definition) is 2. The minimum absolute atomic E-state index is 0.0872. The molecule has 3 rings (SSSR count). The average Bonchev–Trinajstić information content (AvgIpc) is 3.02. The first-order valence-corrected chi connectivity index (χ1v) is 12.8. The highest BCUT2D eigenvalue weighted by atomic mass is 16.1. The Morgan fingerprint density at radius 1 is 0.548 bits per heavy atom. The van der Waals surface area contributed by atoms with Crippen LogP contribution in [0.15, 0.2) is 58.7 Å². The van der Waals surface area contributed by atoms with Gasteiger partial charge in [-0.1, -0.05) is 103 Å². The third kappa shape index (κ3) is 5.64. The lowest BCUT2D eigenvalue weighted by Crippen LogP contribution is -2.25. The van der Waals surface area contributed by atoms with E-state index in [1.54, 1.807) is 12.2 Å². The van der Waals surface area contributed by atoms with E-state index < -0.39 is 0 Å². The zero-order chi connectivity index (χ0) is 22.1. The number of unbranched alkanes of at least 4 members (excludes halogenated alkanes) is 10. The van der Waals surface area contributed by atoms with Gasteiger partial charge in [-0.05, 0) is 59.4 Å². The molecule has 2 heteroatoms. The fraction of sp³-hybridized carbons (Fsp3) is 0.586. The third-order valence-electron chi connectivity index (χ3n) is 7.22. The molecule has 0 amide bonds. The maximum atomic E-state index is 12.4. The molecule has 0 heterocycles. The van der Waals surface area contributed by atoms with Crippen LogP contribution in [0.1, 0.15) is 104 Å². The summed E-state index contributed by atoms with van der Waals surface area (Å²) in [7, 11) is 0. The van der Waals surface area contributed by atoms with Crippen molar-refractivity contribution in [1.29, 1.82) is 0 Å². The summed E-state index contributed by atoms with van der Waals surface area (Å²) in [5.74, 6) is 0.174. The molecule has 0 aromatic carbocycles. The monoisotopic (exact) mass is 420 g/mol. The Labute approximate surface area is 189 Å². The van der Waals surface area contributed by atoms with Gasteiger partial charge in [0.25, 0.3) is 0 Å². The van der Waals surface area contributed by atoms with Crippen molar-refractivity contribution in [2.24, 2.45) is 5.41 Å². The zero-order valence-electron chi connectivity index (χ0n) is 19.7. The van der Waals surface area contributed by atoms with Gasteiger partial charge in [0.15, 0.2) is 11.6 Å². The van der Waals surface area contributed by atoms with E-state index >= 15 is 0 Å². The fourth-order valence-electron chi connectivity index (χ4n) is 5.53. The van der Waals surface area contributed by atoms with Crippen molar-refractivity contribution >= 4 is 11.6 Å². The fourth-order valence-corrected chi connectivity index (χ4v) is 5.53. The topological polar surface area (TPSA) is 34.1 Å². The summed E-state index contributed by atoms with van der Waals surface area (Å²) in [5.41, 5.74) is 4.55. The molecule has 0 fully saturated rings. The highest BCUT2D eigenvalue weighted by Crippen LogP contribution is 2.58. The highest BCUT2D eigenvalue weighted by molar-refractivity contribution is 6.06. The number of ketones is 2. The molecule has 0 saturated heterocycles. The normalized spacial score (nSPS) is 18.9. The molecule has 0 aromatic heterocycles. The summed E-state index contributed by atoms with van der Waals surface area (Å²) in [4.78, 5) is 24.7. The summed E-state index contributed by atoms with van der Waals surface area (Å²) >= 11 is 0. The quantitative estimate of drug-likeness (QED) is 0.267. The second-order valence-electron chi connectivity index (χ2n) is 9.53. The van der Waals surface area contributed by atoms with E-state index in [-0.39, 0.29) is 17.0 Å². The molecule has 0 aromatic rings. The maximum Gasteiger partial charge on any atom is 0.178 e. The molecular weight excluding hydrogens is 380 g/mol. The molecule has 0 spiro atoms. The summed E-state index contributed by atoms with van der Waals surface area (Å²) in [6.45, 7) is 4.51. The van der Waals surface area contributed by atoms with Crippen molar-refractivity contribution in [2.75, 3.05) is 0 Å². The Hall–Kier alpha value is -1.96. The van der Waals surface area contributed by atoms with Crippen molar-refractivity contribution in [3.05, 3.63) is 58.7 Å². The molecule has 0 aliphatic heterocycles. The first-order chi connectivity index (χ1) is 15.1.